The van der Waals surface area contributed by atoms with Gasteiger partial charge >= 0.3 is 0 Å². The van der Waals surface area contributed by atoms with Gasteiger partial charge in [-0.1, -0.05) is 11.3 Å². The van der Waals surface area contributed by atoms with E-state index in [1.807, 2.05) is 42.1 Å². The summed E-state index contributed by atoms with van der Waals surface area (Å²) in [5, 5.41) is 15.8. The normalized spacial score (nSPS) is 10.4. The first kappa shape index (κ1) is 17.1. The van der Waals surface area contributed by atoms with Crippen molar-refractivity contribution in [2.75, 3.05) is 5.73 Å². The minimum atomic E-state index is -0.833. The van der Waals surface area contributed by atoms with Crippen LogP contribution in [0.25, 0.3) is 28.1 Å². The second kappa shape index (κ2) is 7.01. The topological polar surface area (TPSA) is 125 Å². The van der Waals surface area contributed by atoms with E-state index in [0.29, 0.717) is 5.82 Å². The van der Waals surface area contributed by atoms with Crippen molar-refractivity contribution in [1.82, 2.24) is 29.5 Å². The van der Waals surface area contributed by atoms with Crippen LogP contribution < -0.4 is 5.73 Å². The zero-order valence-corrected chi connectivity index (χ0v) is 14.2. The van der Waals surface area contributed by atoms with Crippen molar-refractivity contribution < 1.29 is 9.90 Å². The van der Waals surface area contributed by atoms with E-state index in [-0.39, 0.29) is 0 Å². The summed E-state index contributed by atoms with van der Waals surface area (Å²) in [7, 11) is 1.87. The van der Waals surface area contributed by atoms with Gasteiger partial charge in [0.15, 0.2) is 0 Å². The van der Waals surface area contributed by atoms with Gasteiger partial charge in [-0.15, -0.1) is 5.10 Å². The first-order chi connectivity index (χ1) is 12.5. The molecule has 0 aliphatic rings. The van der Waals surface area contributed by atoms with Gasteiger partial charge in [0.1, 0.15) is 17.2 Å². The van der Waals surface area contributed by atoms with Crippen molar-refractivity contribution in [3.05, 3.63) is 48.9 Å². The Balaban J connectivity index is 0.000000447. The fourth-order valence-corrected chi connectivity index (χ4v) is 2.54. The van der Waals surface area contributed by atoms with Gasteiger partial charge in [-0.2, -0.15) is 0 Å². The molecule has 26 heavy (non-hydrogen) atoms. The number of nitrogens with zero attached hydrogens (tertiary/aromatic N) is 6. The number of aromatic nitrogens is 6. The lowest BCUT2D eigenvalue weighted by Crippen LogP contribution is -1.99. The Labute approximate surface area is 148 Å². The summed E-state index contributed by atoms with van der Waals surface area (Å²) < 4.78 is 3.73. The SMILES string of the molecule is CC(=O)O.Cn1nnc2c(-n3ccnc3-c3ccnc(N)c3)cccc21. The Morgan fingerprint density at radius 2 is 1.96 bits per heavy atom. The van der Waals surface area contributed by atoms with Crippen LogP contribution in [0.2, 0.25) is 0 Å². The van der Waals surface area contributed by atoms with E-state index in [2.05, 4.69) is 20.3 Å². The van der Waals surface area contributed by atoms with E-state index in [1.54, 1.807) is 23.1 Å². The molecule has 0 unspecified atom stereocenters. The molecule has 0 aliphatic carbocycles. The highest BCUT2D eigenvalue weighted by atomic mass is 16.4. The summed E-state index contributed by atoms with van der Waals surface area (Å²) in [4.78, 5) is 17.5. The zero-order valence-electron chi connectivity index (χ0n) is 14.2. The van der Waals surface area contributed by atoms with Crippen LogP contribution in [0.15, 0.2) is 48.9 Å². The second-order valence-electron chi connectivity index (χ2n) is 5.47. The molecule has 9 nitrogen and oxygen atoms in total. The highest BCUT2D eigenvalue weighted by molar-refractivity contribution is 5.84. The molecule has 3 N–H and O–H groups in total. The fraction of sp³-hybridized carbons (Fsp3) is 0.118. The number of nitrogen functional groups attached to an aromatic ring is 1. The second-order valence-corrected chi connectivity index (χ2v) is 5.47. The molecule has 4 rings (SSSR count). The van der Waals surface area contributed by atoms with Crippen LogP contribution in [-0.4, -0.2) is 40.6 Å². The van der Waals surface area contributed by atoms with Crippen molar-refractivity contribution >= 4 is 22.8 Å². The quantitative estimate of drug-likeness (QED) is 0.565. The first-order valence-corrected chi connectivity index (χ1v) is 7.71. The minimum absolute atomic E-state index is 0.463. The van der Waals surface area contributed by atoms with Crippen LogP contribution in [0, 0.1) is 0 Å². The zero-order chi connectivity index (χ0) is 18.7. The van der Waals surface area contributed by atoms with Gasteiger partial charge in [0.25, 0.3) is 5.97 Å². The average molecular weight is 351 g/mol. The number of benzene rings is 1. The fourth-order valence-electron chi connectivity index (χ4n) is 2.54. The number of aliphatic carboxylic acids is 1. The number of carboxylic acid groups (broad SMARTS) is 1. The molecule has 0 atom stereocenters. The summed E-state index contributed by atoms with van der Waals surface area (Å²) in [5.74, 6) is 0.414. The predicted octanol–water partition coefficient (Wildman–Crippen LogP) is 1.89. The average Bonchev–Trinajstić information content (AvgIpc) is 3.22. The van der Waals surface area contributed by atoms with E-state index < -0.39 is 5.97 Å². The summed E-state index contributed by atoms with van der Waals surface area (Å²) in [6.45, 7) is 1.08. The first-order valence-electron chi connectivity index (χ1n) is 7.71. The maximum atomic E-state index is 9.00. The standard InChI is InChI=1S/C15H13N7.C2H4O2/c1-21-11-3-2-4-12(14(11)19-20-21)22-8-7-18-15(22)10-5-6-17-13(16)9-10;1-2(3)4/h2-9H,1H3,(H2,16,17);1H3,(H,3,4). The monoisotopic (exact) mass is 351 g/mol. The molecule has 0 fully saturated rings. The number of carboxylic acids is 1. The molecule has 0 aliphatic heterocycles. The molecular weight excluding hydrogens is 334 g/mol. The van der Waals surface area contributed by atoms with Gasteiger partial charge in [-0.25, -0.2) is 14.6 Å². The third-order valence-corrected chi connectivity index (χ3v) is 3.56. The number of carbonyl (C=O) groups is 1. The van der Waals surface area contributed by atoms with Gasteiger partial charge in [0, 0.05) is 38.1 Å². The molecule has 0 amide bonds. The molecule has 132 valence electrons. The molecular formula is C17H17N7O2. The Hall–Kier alpha value is -3.75. The Bertz CT molecular complexity index is 1060. The van der Waals surface area contributed by atoms with E-state index >= 15 is 0 Å². The third kappa shape index (κ3) is 3.36. The van der Waals surface area contributed by atoms with E-state index in [4.69, 9.17) is 15.6 Å². The lowest BCUT2D eigenvalue weighted by atomic mass is 10.2. The van der Waals surface area contributed by atoms with Crippen molar-refractivity contribution in [2.45, 2.75) is 6.92 Å². The highest BCUT2D eigenvalue weighted by Gasteiger charge is 2.13. The molecule has 1 aromatic carbocycles. The van der Waals surface area contributed by atoms with Crippen molar-refractivity contribution in [3.63, 3.8) is 0 Å². The van der Waals surface area contributed by atoms with E-state index in [1.165, 1.54) is 0 Å². The number of fused-ring (bicyclic) bond motifs is 1. The Morgan fingerprint density at radius 3 is 2.69 bits per heavy atom. The third-order valence-electron chi connectivity index (χ3n) is 3.56. The van der Waals surface area contributed by atoms with Gasteiger partial charge in [0.05, 0.1) is 11.2 Å². The highest BCUT2D eigenvalue weighted by Crippen LogP contribution is 2.26. The molecule has 0 radical (unpaired) electrons. The van der Waals surface area contributed by atoms with Crippen molar-refractivity contribution in [1.29, 1.82) is 0 Å². The molecule has 4 aromatic rings. The summed E-state index contributed by atoms with van der Waals surface area (Å²) >= 11 is 0. The summed E-state index contributed by atoms with van der Waals surface area (Å²) in [6.07, 6.45) is 5.32. The number of nitrogens with two attached hydrogens (primary N) is 1. The molecule has 3 heterocycles. The number of rotatable bonds is 2. The number of hydrogen-bond acceptors (Lipinski definition) is 6. The van der Waals surface area contributed by atoms with Crippen LogP contribution in [0.4, 0.5) is 5.82 Å². The maximum Gasteiger partial charge on any atom is 0.300 e. The number of anilines is 1. The molecule has 0 saturated heterocycles. The summed E-state index contributed by atoms with van der Waals surface area (Å²) in [6, 6.07) is 9.64. The van der Waals surface area contributed by atoms with Crippen LogP contribution in [0.5, 0.6) is 0 Å². The number of aryl methyl sites for hydroxylation is 1. The van der Waals surface area contributed by atoms with Gasteiger partial charge < -0.3 is 10.8 Å². The van der Waals surface area contributed by atoms with Gasteiger partial charge in [-0.05, 0) is 24.3 Å². The van der Waals surface area contributed by atoms with Crippen LogP contribution in [0.3, 0.4) is 0 Å². The van der Waals surface area contributed by atoms with E-state index in [9.17, 15) is 0 Å². The molecule has 9 heteroatoms. The van der Waals surface area contributed by atoms with Gasteiger partial charge in [0.2, 0.25) is 0 Å². The Kier molecular flexibility index (Phi) is 4.61. The molecule has 0 bridgehead atoms. The lowest BCUT2D eigenvalue weighted by Gasteiger charge is -2.08. The summed E-state index contributed by atoms with van der Waals surface area (Å²) in [5.41, 5.74) is 9.39. The minimum Gasteiger partial charge on any atom is -0.481 e. The van der Waals surface area contributed by atoms with E-state index in [0.717, 1.165) is 35.0 Å². The molecule has 0 spiro atoms. The number of imidazole rings is 1. The molecule has 0 saturated carbocycles. The largest absolute Gasteiger partial charge is 0.481 e. The van der Waals surface area contributed by atoms with Gasteiger partial charge in [-0.3, -0.25) is 9.36 Å². The van der Waals surface area contributed by atoms with Crippen LogP contribution in [0.1, 0.15) is 6.92 Å². The number of hydrogen-bond donors (Lipinski definition) is 2. The predicted molar refractivity (Wildman–Crippen MR) is 96.6 cm³/mol. The van der Waals surface area contributed by atoms with Crippen molar-refractivity contribution in [3.8, 4) is 17.1 Å². The Morgan fingerprint density at radius 1 is 1.19 bits per heavy atom. The lowest BCUT2D eigenvalue weighted by molar-refractivity contribution is -0.134. The molecule has 3 aromatic heterocycles. The number of pyridine rings is 1. The maximum absolute atomic E-state index is 9.00. The van der Waals surface area contributed by atoms with Crippen LogP contribution in [-0.2, 0) is 11.8 Å². The smallest absolute Gasteiger partial charge is 0.300 e. The van der Waals surface area contributed by atoms with Crippen LogP contribution >= 0.6 is 0 Å². The van der Waals surface area contributed by atoms with Crippen molar-refractivity contribution in [2.24, 2.45) is 7.05 Å².